The maximum absolute atomic E-state index is 11.3. The number of rotatable bonds is 5. The van der Waals surface area contributed by atoms with Gasteiger partial charge in [0.15, 0.2) is 5.84 Å². The average Bonchev–Trinajstić information content (AvgIpc) is 3.29. The number of hydrazine groups is 2. The maximum atomic E-state index is 11.3. The van der Waals surface area contributed by atoms with E-state index in [0.717, 1.165) is 11.4 Å². The first-order chi connectivity index (χ1) is 13.5. The molecule has 2 aromatic carbocycles. The number of hydrazone groups is 1. The minimum atomic E-state index is -0.543. The fourth-order valence-electron chi connectivity index (χ4n) is 2.72. The Labute approximate surface area is 164 Å². The topological polar surface area (TPSA) is 113 Å². The van der Waals surface area contributed by atoms with Crippen molar-refractivity contribution in [3.63, 3.8) is 0 Å². The molecule has 11 heteroatoms. The minimum Gasteiger partial charge on any atom is -0.418 e. The van der Waals surface area contributed by atoms with E-state index in [1.165, 1.54) is 23.3 Å². The van der Waals surface area contributed by atoms with Crippen LogP contribution in [0.15, 0.2) is 58.0 Å². The van der Waals surface area contributed by atoms with Gasteiger partial charge in [0.25, 0.3) is 11.6 Å². The Balaban J connectivity index is 1.55. The van der Waals surface area contributed by atoms with E-state index in [2.05, 4.69) is 20.8 Å². The van der Waals surface area contributed by atoms with Gasteiger partial charge in [-0.2, -0.15) is 5.12 Å². The highest BCUT2D eigenvalue weighted by Gasteiger charge is 2.24. The first-order valence-corrected chi connectivity index (χ1v) is 8.57. The van der Waals surface area contributed by atoms with E-state index < -0.39 is 4.92 Å². The molecular weight excluding hydrogens is 386 g/mol. The molecule has 0 atom stereocenters. The van der Waals surface area contributed by atoms with Crippen molar-refractivity contribution >= 4 is 23.1 Å². The molecule has 2 heterocycles. The van der Waals surface area contributed by atoms with Crippen molar-refractivity contribution in [3.8, 4) is 11.5 Å². The van der Waals surface area contributed by atoms with Gasteiger partial charge in [0, 0.05) is 23.7 Å². The van der Waals surface area contributed by atoms with E-state index in [4.69, 9.17) is 16.0 Å². The molecule has 4 rings (SSSR count). The van der Waals surface area contributed by atoms with Gasteiger partial charge in [-0.1, -0.05) is 41.9 Å². The van der Waals surface area contributed by atoms with Gasteiger partial charge in [-0.3, -0.25) is 15.1 Å². The number of nitro benzene ring substituents is 1. The number of hydrogen-bond acceptors (Lipinski definition) is 9. The molecule has 0 aliphatic carbocycles. The molecule has 0 unspecified atom stereocenters. The van der Waals surface area contributed by atoms with E-state index in [9.17, 15) is 10.1 Å². The second-order valence-corrected chi connectivity index (χ2v) is 6.36. The molecule has 142 valence electrons. The summed E-state index contributed by atoms with van der Waals surface area (Å²) in [5.74, 6) is 1.02. The van der Waals surface area contributed by atoms with Gasteiger partial charge in [-0.25, -0.2) is 0 Å². The third-order valence-electron chi connectivity index (χ3n) is 3.97. The molecule has 28 heavy (non-hydrogen) atoms. The predicted octanol–water partition coefficient (Wildman–Crippen LogP) is 2.83. The van der Waals surface area contributed by atoms with Crippen LogP contribution in [0, 0.1) is 10.1 Å². The smallest absolute Gasteiger partial charge is 0.283 e. The van der Waals surface area contributed by atoms with Crippen molar-refractivity contribution < 1.29 is 9.34 Å². The highest BCUT2D eigenvalue weighted by Crippen LogP contribution is 2.31. The van der Waals surface area contributed by atoms with E-state index in [1.807, 2.05) is 37.4 Å². The Morgan fingerprint density at radius 1 is 1.21 bits per heavy atom. The standard InChI is InChI=1S/C17H14ClN7O3/c1-23-16(11-5-3-2-4-6-11)21-24(22-23)10-15-19-20-17(28-15)13-8-7-12(18)9-14(13)25(26)27/h2-9,22H,10H2,1H3. The second kappa shape index (κ2) is 7.25. The van der Waals surface area contributed by atoms with Crippen molar-refractivity contribution in [3.05, 3.63) is 75.1 Å². The van der Waals surface area contributed by atoms with Crippen LogP contribution in [0.2, 0.25) is 5.02 Å². The summed E-state index contributed by atoms with van der Waals surface area (Å²) in [5.41, 5.74) is 3.99. The van der Waals surface area contributed by atoms with Gasteiger partial charge in [0.05, 0.1) is 4.92 Å². The lowest BCUT2D eigenvalue weighted by atomic mass is 10.2. The number of hydrogen-bond donors (Lipinski definition) is 1. The minimum absolute atomic E-state index is 0.0400. The summed E-state index contributed by atoms with van der Waals surface area (Å²) in [5, 5.41) is 27.2. The molecule has 0 amide bonds. The lowest BCUT2D eigenvalue weighted by Gasteiger charge is -2.16. The van der Waals surface area contributed by atoms with Crippen LogP contribution >= 0.6 is 11.6 Å². The van der Waals surface area contributed by atoms with E-state index in [-0.39, 0.29) is 34.6 Å². The Bertz CT molecular complexity index is 1050. The first kappa shape index (κ1) is 17.9. The third-order valence-corrected chi connectivity index (χ3v) is 4.20. The Morgan fingerprint density at radius 3 is 2.75 bits per heavy atom. The number of nitro groups is 1. The van der Waals surface area contributed by atoms with Crippen molar-refractivity contribution in [2.24, 2.45) is 5.10 Å². The molecule has 3 aromatic rings. The van der Waals surface area contributed by atoms with Crippen molar-refractivity contribution in [1.29, 1.82) is 0 Å². The van der Waals surface area contributed by atoms with Crippen LogP contribution in [0.3, 0.4) is 0 Å². The normalized spacial score (nSPS) is 13.7. The van der Waals surface area contributed by atoms with Crippen LogP contribution in [0.5, 0.6) is 0 Å². The quantitative estimate of drug-likeness (QED) is 0.514. The second-order valence-electron chi connectivity index (χ2n) is 5.93. The maximum Gasteiger partial charge on any atom is 0.283 e. The van der Waals surface area contributed by atoms with Crippen molar-refractivity contribution in [2.75, 3.05) is 7.05 Å². The summed E-state index contributed by atoms with van der Waals surface area (Å²) in [4.78, 5) is 10.7. The van der Waals surface area contributed by atoms with Crippen molar-refractivity contribution in [2.45, 2.75) is 6.54 Å². The molecule has 0 spiro atoms. The number of halogens is 1. The number of amidine groups is 1. The molecular formula is C17H14ClN7O3. The van der Waals surface area contributed by atoms with Crippen molar-refractivity contribution in [1.82, 2.24) is 25.9 Å². The zero-order valence-electron chi connectivity index (χ0n) is 14.6. The Morgan fingerprint density at radius 2 is 2.00 bits per heavy atom. The molecule has 1 aliphatic rings. The molecule has 10 nitrogen and oxygen atoms in total. The molecule has 0 saturated heterocycles. The van der Waals surface area contributed by atoms with Gasteiger partial charge in [0.1, 0.15) is 12.1 Å². The Hall–Kier alpha value is -3.50. The van der Waals surface area contributed by atoms with Gasteiger partial charge in [-0.15, -0.1) is 20.8 Å². The SMILES string of the molecule is CN1NN(Cc2nnc(-c3ccc(Cl)cc3[N+](=O)[O-])o2)N=C1c1ccccc1. The highest BCUT2D eigenvalue weighted by atomic mass is 35.5. The lowest BCUT2D eigenvalue weighted by Crippen LogP contribution is -2.40. The van der Waals surface area contributed by atoms with Crippen LogP contribution in [0.1, 0.15) is 11.5 Å². The zero-order valence-corrected chi connectivity index (χ0v) is 15.4. The Kier molecular flexibility index (Phi) is 4.63. The van der Waals surface area contributed by atoms with E-state index in [1.54, 1.807) is 5.01 Å². The molecule has 0 bridgehead atoms. The molecule has 1 aromatic heterocycles. The third kappa shape index (κ3) is 3.50. The number of nitrogens with one attached hydrogen (secondary N) is 1. The fourth-order valence-corrected chi connectivity index (χ4v) is 2.89. The van der Waals surface area contributed by atoms with Gasteiger partial charge in [-0.05, 0) is 12.1 Å². The summed E-state index contributed by atoms with van der Waals surface area (Å²) >= 11 is 5.84. The summed E-state index contributed by atoms with van der Waals surface area (Å²) in [6.45, 7) is 0.176. The van der Waals surface area contributed by atoms with E-state index in [0.29, 0.717) is 0 Å². The molecule has 1 aliphatic heterocycles. The molecule has 0 saturated carbocycles. The van der Waals surface area contributed by atoms with E-state index >= 15 is 0 Å². The van der Waals surface area contributed by atoms with Crippen LogP contribution in [0.25, 0.3) is 11.5 Å². The van der Waals surface area contributed by atoms with Gasteiger partial charge >= 0.3 is 0 Å². The zero-order chi connectivity index (χ0) is 19.7. The van der Waals surface area contributed by atoms with Crippen LogP contribution in [0.4, 0.5) is 5.69 Å². The first-order valence-electron chi connectivity index (χ1n) is 8.19. The van der Waals surface area contributed by atoms with Gasteiger partial charge < -0.3 is 4.42 Å². The number of nitrogens with zero attached hydrogens (tertiary/aromatic N) is 6. The largest absolute Gasteiger partial charge is 0.418 e. The summed E-state index contributed by atoms with van der Waals surface area (Å²) in [6.07, 6.45) is 0. The average molecular weight is 400 g/mol. The highest BCUT2D eigenvalue weighted by molar-refractivity contribution is 6.30. The predicted molar refractivity (Wildman–Crippen MR) is 101 cm³/mol. The van der Waals surface area contributed by atoms with Gasteiger partial charge in [0.2, 0.25) is 5.89 Å². The molecule has 0 fully saturated rings. The number of aromatic nitrogens is 2. The summed E-state index contributed by atoms with van der Waals surface area (Å²) in [7, 11) is 1.84. The van der Waals surface area contributed by atoms with Crippen LogP contribution in [-0.4, -0.2) is 38.1 Å². The number of benzene rings is 2. The van der Waals surface area contributed by atoms with Crippen LogP contribution < -0.4 is 5.53 Å². The monoisotopic (exact) mass is 399 g/mol. The molecule has 0 radical (unpaired) electrons. The molecule has 1 N–H and O–H groups in total. The summed E-state index contributed by atoms with van der Waals surface area (Å²) in [6, 6.07) is 13.9. The fraction of sp³-hybridized carbons (Fsp3) is 0.118. The summed E-state index contributed by atoms with van der Waals surface area (Å²) < 4.78 is 5.60. The van der Waals surface area contributed by atoms with Crippen LogP contribution in [-0.2, 0) is 6.54 Å². The lowest BCUT2D eigenvalue weighted by molar-refractivity contribution is -0.384.